The average Bonchev–Trinajstić information content (AvgIpc) is 3.06. The summed E-state index contributed by atoms with van der Waals surface area (Å²) >= 11 is 6.09. The van der Waals surface area contributed by atoms with Crippen LogP contribution in [0.25, 0.3) is 10.9 Å². The van der Waals surface area contributed by atoms with Crippen LogP contribution in [0.1, 0.15) is 43.8 Å². The molecular formula is C27H35ClN8O. The molecule has 0 fully saturated rings. The third-order valence-corrected chi connectivity index (χ3v) is 6.17. The molecular weight excluding hydrogens is 488 g/mol. The molecule has 0 bridgehead atoms. The molecule has 0 spiro atoms. The Morgan fingerprint density at radius 2 is 1.76 bits per heavy atom. The molecule has 0 atom stereocenters. The number of hydrogen-bond acceptors (Lipinski definition) is 8. The molecule has 0 aliphatic heterocycles. The molecule has 0 saturated carbocycles. The van der Waals surface area contributed by atoms with Crippen LogP contribution < -0.4 is 16.0 Å². The zero-order valence-corrected chi connectivity index (χ0v) is 22.8. The van der Waals surface area contributed by atoms with Gasteiger partial charge in [0, 0.05) is 47.1 Å². The summed E-state index contributed by atoms with van der Waals surface area (Å²) in [6.45, 7) is 11.5. The number of aliphatic hydroxyl groups is 1. The summed E-state index contributed by atoms with van der Waals surface area (Å²) in [6, 6.07) is 9.69. The molecule has 4 rings (SSSR count). The Labute approximate surface area is 222 Å². The van der Waals surface area contributed by atoms with Crippen molar-refractivity contribution in [3.8, 4) is 0 Å². The standard InChI is InChI=1S/C27H35ClN8O/c1-17-14-24(33-26(32-17)34-25-18(2)35-36(19(25)3)16-27(4,5)37)31-12-7-6-11-29-22-10-13-30-23-15-20(28)8-9-21(22)23/h8-10,13-15,37H,6-7,11-12,16H2,1-5H3,(H,29,30)(H2,31,32,33,34). The lowest BCUT2D eigenvalue weighted by Crippen LogP contribution is -2.27. The molecule has 4 aromatic rings. The van der Waals surface area contributed by atoms with E-state index in [9.17, 15) is 5.11 Å². The number of unbranched alkanes of at least 4 members (excludes halogenated alkanes) is 1. The van der Waals surface area contributed by atoms with Crippen LogP contribution in [-0.2, 0) is 6.54 Å². The molecule has 1 aromatic carbocycles. The number of aromatic nitrogens is 5. The molecule has 10 heteroatoms. The summed E-state index contributed by atoms with van der Waals surface area (Å²) < 4.78 is 1.81. The zero-order valence-electron chi connectivity index (χ0n) is 22.1. The highest BCUT2D eigenvalue weighted by atomic mass is 35.5. The molecule has 0 radical (unpaired) electrons. The first-order chi connectivity index (χ1) is 17.6. The van der Waals surface area contributed by atoms with Gasteiger partial charge in [-0.2, -0.15) is 10.1 Å². The van der Waals surface area contributed by atoms with E-state index in [1.165, 1.54) is 0 Å². The number of benzene rings is 1. The Hall–Kier alpha value is -3.43. The number of aryl methyl sites for hydroxylation is 2. The van der Waals surface area contributed by atoms with Crippen LogP contribution in [0.4, 0.5) is 23.1 Å². The quantitative estimate of drug-likeness (QED) is 0.188. The first-order valence-electron chi connectivity index (χ1n) is 12.5. The normalized spacial score (nSPS) is 11.6. The van der Waals surface area contributed by atoms with Crippen molar-refractivity contribution in [2.24, 2.45) is 0 Å². The Morgan fingerprint density at radius 3 is 2.51 bits per heavy atom. The fourth-order valence-electron chi connectivity index (χ4n) is 4.19. The van der Waals surface area contributed by atoms with E-state index in [1.54, 1.807) is 20.0 Å². The molecule has 37 heavy (non-hydrogen) atoms. The molecule has 0 unspecified atom stereocenters. The third kappa shape index (κ3) is 7.08. The van der Waals surface area contributed by atoms with Crippen LogP contribution in [0.15, 0.2) is 36.5 Å². The fraction of sp³-hybridized carbons (Fsp3) is 0.407. The highest BCUT2D eigenvalue weighted by Crippen LogP contribution is 2.26. The number of halogens is 1. The molecule has 0 aliphatic rings. The number of nitrogens with one attached hydrogen (secondary N) is 3. The molecule has 196 valence electrons. The first-order valence-corrected chi connectivity index (χ1v) is 12.9. The summed E-state index contributed by atoms with van der Waals surface area (Å²) in [5, 5.41) is 26.7. The maximum absolute atomic E-state index is 10.2. The summed E-state index contributed by atoms with van der Waals surface area (Å²) in [5.74, 6) is 1.29. The van der Waals surface area contributed by atoms with Gasteiger partial charge in [-0.1, -0.05) is 11.6 Å². The molecule has 0 amide bonds. The fourth-order valence-corrected chi connectivity index (χ4v) is 4.36. The Kier molecular flexibility index (Phi) is 8.14. The van der Waals surface area contributed by atoms with Gasteiger partial charge in [-0.3, -0.25) is 9.67 Å². The first kappa shape index (κ1) is 26.6. The van der Waals surface area contributed by atoms with Gasteiger partial charge in [0.05, 0.1) is 34.7 Å². The lowest BCUT2D eigenvalue weighted by Gasteiger charge is -2.18. The van der Waals surface area contributed by atoms with E-state index in [0.29, 0.717) is 17.5 Å². The van der Waals surface area contributed by atoms with Crippen LogP contribution >= 0.6 is 11.6 Å². The molecule has 9 nitrogen and oxygen atoms in total. The molecule has 0 aliphatic carbocycles. The maximum Gasteiger partial charge on any atom is 0.229 e. The average molecular weight is 523 g/mol. The van der Waals surface area contributed by atoms with Gasteiger partial charge in [0.25, 0.3) is 0 Å². The van der Waals surface area contributed by atoms with Crippen molar-refractivity contribution in [1.29, 1.82) is 0 Å². The van der Waals surface area contributed by atoms with E-state index in [-0.39, 0.29) is 0 Å². The number of pyridine rings is 1. The topological polar surface area (TPSA) is 113 Å². The minimum Gasteiger partial charge on any atom is -0.389 e. The van der Waals surface area contributed by atoms with Crippen LogP contribution in [0.3, 0.4) is 0 Å². The van der Waals surface area contributed by atoms with Gasteiger partial charge < -0.3 is 21.1 Å². The number of anilines is 4. The van der Waals surface area contributed by atoms with Crippen LogP contribution in [0.2, 0.25) is 5.02 Å². The van der Waals surface area contributed by atoms with Gasteiger partial charge in [-0.15, -0.1) is 0 Å². The Balaban J connectivity index is 1.30. The van der Waals surface area contributed by atoms with E-state index in [2.05, 4.69) is 36.0 Å². The second-order valence-corrected chi connectivity index (χ2v) is 10.4. The highest BCUT2D eigenvalue weighted by Gasteiger charge is 2.19. The van der Waals surface area contributed by atoms with Gasteiger partial charge in [-0.05, 0) is 71.7 Å². The molecule has 3 aromatic heterocycles. The predicted octanol–water partition coefficient (Wildman–Crippen LogP) is 5.62. The van der Waals surface area contributed by atoms with Gasteiger partial charge >= 0.3 is 0 Å². The van der Waals surface area contributed by atoms with Gasteiger partial charge in [0.1, 0.15) is 5.82 Å². The SMILES string of the molecule is Cc1cc(NCCCCNc2ccnc3cc(Cl)ccc23)nc(Nc2c(C)nn(CC(C)(C)O)c2C)n1. The molecule has 4 N–H and O–H groups in total. The summed E-state index contributed by atoms with van der Waals surface area (Å²) in [6.07, 6.45) is 3.78. The van der Waals surface area contributed by atoms with Crippen LogP contribution in [0, 0.1) is 20.8 Å². The van der Waals surface area contributed by atoms with Gasteiger partial charge in [0.15, 0.2) is 0 Å². The monoisotopic (exact) mass is 522 g/mol. The highest BCUT2D eigenvalue weighted by molar-refractivity contribution is 6.31. The predicted molar refractivity (Wildman–Crippen MR) is 151 cm³/mol. The van der Waals surface area contributed by atoms with Crippen molar-refractivity contribution in [1.82, 2.24) is 24.7 Å². The van der Waals surface area contributed by atoms with Crippen LogP contribution in [-0.4, -0.2) is 48.5 Å². The number of nitrogens with zero attached hydrogens (tertiary/aromatic N) is 5. The molecule has 0 saturated heterocycles. The Bertz CT molecular complexity index is 1380. The smallest absolute Gasteiger partial charge is 0.229 e. The largest absolute Gasteiger partial charge is 0.389 e. The second-order valence-electron chi connectivity index (χ2n) is 9.94. The van der Waals surface area contributed by atoms with Crippen molar-refractivity contribution in [3.63, 3.8) is 0 Å². The van der Waals surface area contributed by atoms with E-state index in [0.717, 1.165) is 71.1 Å². The van der Waals surface area contributed by atoms with Gasteiger partial charge in [-0.25, -0.2) is 4.98 Å². The van der Waals surface area contributed by atoms with Crippen molar-refractivity contribution < 1.29 is 5.11 Å². The summed E-state index contributed by atoms with van der Waals surface area (Å²) in [5.41, 5.74) is 4.58. The van der Waals surface area contributed by atoms with Crippen molar-refractivity contribution in [3.05, 3.63) is 58.6 Å². The number of rotatable bonds is 11. The lowest BCUT2D eigenvalue weighted by molar-refractivity contribution is 0.0570. The lowest BCUT2D eigenvalue weighted by atomic mass is 10.1. The Morgan fingerprint density at radius 1 is 1.00 bits per heavy atom. The zero-order chi connectivity index (χ0) is 26.6. The third-order valence-electron chi connectivity index (χ3n) is 5.94. The number of hydrogen-bond donors (Lipinski definition) is 4. The van der Waals surface area contributed by atoms with Crippen molar-refractivity contribution in [2.45, 2.75) is 59.6 Å². The maximum atomic E-state index is 10.2. The summed E-state index contributed by atoms with van der Waals surface area (Å²) in [7, 11) is 0. The van der Waals surface area contributed by atoms with E-state index in [1.807, 2.05) is 55.8 Å². The minimum absolute atomic E-state index is 0.406. The molecule has 3 heterocycles. The van der Waals surface area contributed by atoms with Crippen molar-refractivity contribution >= 4 is 45.6 Å². The second kappa shape index (κ2) is 11.3. The van der Waals surface area contributed by atoms with E-state index < -0.39 is 5.60 Å². The van der Waals surface area contributed by atoms with Crippen molar-refractivity contribution in [2.75, 3.05) is 29.0 Å². The minimum atomic E-state index is -0.854. The van der Waals surface area contributed by atoms with E-state index >= 15 is 0 Å². The van der Waals surface area contributed by atoms with E-state index in [4.69, 9.17) is 11.6 Å². The number of fused-ring (bicyclic) bond motifs is 1. The van der Waals surface area contributed by atoms with Crippen LogP contribution in [0.5, 0.6) is 0 Å². The summed E-state index contributed by atoms with van der Waals surface area (Å²) in [4.78, 5) is 13.6. The van der Waals surface area contributed by atoms with Gasteiger partial charge in [0.2, 0.25) is 5.95 Å².